The zero-order chi connectivity index (χ0) is 15.8. The SMILES string of the molecule is Cc1cc(C)c(NS(=O)(=O)c2cc(Br)cnc2Cl)c(Br)c1. The van der Waals surface area contributed by atoms with Crippen LogP contribution in [0.15, 0.2) is 38.2 Å². The molecular weight excluding hydrogens is 443 g/mol. The fourth-order valence-electron chi connectivity index (χ4n) is 1.83. The van der Waals surface area contributed by atoms with Gasteiger partial charge in [-0.25, -0.2) is 13.4 Å². The summed E-state index contributed by atoms with van der Waals surface area (Å²) in [4.78, 5) is 3.75. The van der Waals surface area contributed by atoms with Gasteiger partial charge >= 0.3 is 0 Å². The molecule has 0 aliphatic carbocycles. The number of rotatable bonds is 3. The topological polar surface area (TPSA) is 59.1 Å². The van der Waals surface area contributed by atoms with Crippen molar-refractivity contribution in [2.45, 2.75) is 18.7 Å². The van der Waals surface area contributed by atoms with Gasteiger partial charge in [0.1, 0.15) is 10.0 Å². The van der Waals surface area contributed by atoms with Gasteiger partial charge in [-0.1, -0.05) is 17.7 Å². The lowest BCUT2D eigenvalue weighted by atomic mass is 10.1. The van der Waals surface area contributed by atoms with Crippen molar-refractivity contribution in [2.24, 2.45) is 0 Å². The summed E-state index contributed by atoms with van der Waals surface area (Å²) in [5, 5.41) is -0.0772. The van der Waals surface area contributed by atoms with Gasteiger partial charge in [-0.3, -0.25) is 4.72 Å². The van der Waals surface area contributed by atoms with Crippen LogP contribution in [0.1, 0.15) is 11.1 Å². The first kappa shape index (κ1) is 16.7. The van der Waals surface area contributed by atoms with Crippen molar-refractivity contribution in [2.75, 3.05) is 4.72 Å². The number of benzene rings is 1. The minimum Gasteiger partial charge on any atom is -0.278 e. The summed E-state index contributed by atoms with van der Waals surface area (Å²) < 4.78 is 28.7. The van der Waals surface area contributed by atoms with E-state index in [1.165, 1.54) is 12.3 Å². The summed E-state index contributed by atoms with van der Waals surface area (Å²) in [6, 6.07) is 5.14. The largest absolute Gasteiger partial charge is 0.278 e. The molecular formula is C13H11Br2ClN2O2S. The molecule has 1 aromatic heterocycles. The second-order valence-electron chi connectivity index (χ2n) is 4.49. The molecule has 112 valence electrons. The number of hydrogen-bond donors (Lipinski definition) is 1. The number of aryl methyl sites for hydroxylation is 2. The second kappa shape index (κ2) is 6.24. The molecule has 0 atom stereocenters. The van der Waals surface area contributed by atoms with Crippen molar-refractivity contribution < 1.29 is 8.42 Å². The van der Waals surface area contributed by atoms with E-state index in [0.717, 1.165) is 11.1 Å². The van der Waals surface area contributed by atoms with Crippen LogP contribution >= 0.6 is 43.5 Å². The first-order valence-electron chi connectivity index (χ1n) is 5.81. The molecule has 0 fully saturated rings. The molecule has 4 nitrogen and oxygen atoms in total. The maximum atomic E-state index is 12.5. The third-order valence-electron chi connectivity index (χ3n) is 2.73. The molecule has 2 rings (SSSR count). The standard InChI is InChI=1S/C13H11Br2ClN2O2S/c1-7-3-8(2)12(10(15)4-7)18-21(19,20)11-5-9(14)6-17-13(11)16/h3-6,18H,1-2H3. The molecule has 8 heteroatoms. The molecule has 0 bridgehead atoms. The predicted molar refractivity (Wildman–Crippen MR) is 91.4 cm³/mol. The summed E-state index contributed by atoms with van der Waals surface area (Å²) in [6.45, 7) is 3.77. The number of nitrogens with one attached hydrogen (secondary N) is 1. The van der Waals surface area contributed by atoms with E-state index in [-0.39, 0.29) is 10.0 Å². The normalized spacial score (nSPS) is 11.5. The predicted octanol–water partition coefficient (Wildman–Crippen LogP) is 4.68. The molecule has 0 aliphatic rings. The highest BCUT2D eigenvalue weighted by molar-refractivity contribution is 9.10. The van der Waals surface area contributed by atoms with Crippen molar-refractivity contribution in [3.05, 3.63) is 49.6 Å². The summed E-state index contributed by atoms with van der Waals surface area (Å²) in [5.74, 6) is 0. The minimum atomic E-state index is -3.83. The van der Waals surface area contributed by atoms with E-state index >= 15 is 0 Å². The van der Waals surface area contributed by atoms with Crippen LogP contribution < -0.4 is 4.72 Å². The third kappa shape index (κ3) is 3.77. The maximum Gasteiger partial charge on any atom is 0.265 e. The lowest BCUT2D eigenvalue weighted by Crippen LogP contribution is -2.15. The van der Waals surface area contributed by atoms with Gasteiger partial charge in [-0.2, -0.15) is 0 Å². The first-order chi connectivity index (χ1) is 9.70. The van der Waals surface area contributed by atoms with Crippen LogP contribution in [-0.4, -0.2) is 13.4 Å². The van der Waals surface area contributed by atoms with E-state index in [1.807, 2.05) is 26.0 Å². The smallest absolute Gasteiger partial charge is 0.265 e. The van der Waals surface area contributed by atoms with E-state index in [0.29, 0.717) is 14.6 Å². The number of aromatic nitrogens is 1. The minimum absolute atomic E-state index is 0.0772. The lowest BCUT2D eigenvalue weighted by Gasteiger charge is -2.14. The molecule has 2 aromatic rings. The molecule has 0 radical (unpaired) electrons. The molecule has 0 saturated carbocycles. The van der Waals surface area contributed by atoms with E-state index in [9.17, 15) is 8.42 Å². The van der Waals surface area contributed by atoms with Gasteiger partial charge in [0, 0.05) is 15.1 Å². The summed E-state index contributed by atoms with van der Waals surface area (Å²) in [5.41, 5.74) is 2.32. The fraction of sp³-hybridized carbons (Fsp3) is 0.154. The van der Waals surface area contributed by atoms with Crippen LogP contribution in [0.2, 0.25) is 5.15 Å². The monoisotopic (exact) mass is 452 g/mol. The van der Waals surface area contributed by atoms with Crippen LogP contribution in [0, 0.1) is 13.8 Å². The fourth-order valence-corrected chi connectivity index (χ4v) is 4.83. The molecule has 1 aromatic carbocycles. The molecule has 0 aliphatic heterocycles. The van der Waals surface area contributed by atoms with E-state index in [1.54, 1.807) is 0 Å². The summed E-state index contributed by atoms with van der Waals surface area (Å²) >= 11 is 12.5. The first-order valence-corrected chi connectivity index (χ1v) is 9.26. The summed E-state index contributed by atoms with van der Waals surface area (Å²) in [7, 11) is -3.83. The highest BCUT2D eigenvalue weighted by atomic mass is 79.9. The number of anilines is 1. The van der Waals surface area contributed by atoms with Crippen molar-refractivity contribution >= 4 is 59.2 Å². The Morgan fingerprint density at radius 3 is 2.48 bits per heavy atom. The van der Waals surface area contributed by atoms with Crippen molar-refractivity contribution in [1.29, 1.82) is 0 Å². The molecule has 1 N–H and O–H groups in total. The van der Waals surface area contributed by atoms with Crippen molar-refractivity contribution in [1.82, 2.24) is 4.98 Å². The maximum absolute atomic E-state index is 12.5. The Hall–Kier alpha value is -0.630. The van der Waals surface area contributed by atoms with Crippen LogP contribution in [-0.2, 0) is 10.0 Å². The van der Waals surface area contributed by atoms with E-state index in [4.69, 9.17) is 11.6 Å². The van der Waals surface area contributed by atoms with Crippen LogP contribution in [0.5, 0.6) is 0 Å². The molecule has 21 heavy (non-hydrogen) atoms. The van der Waals surface area contributed by atoms with E-state index in [2.05, 4.69) is 41.6 Å². The van der Waals surface area contributed by atoms with Crippen molar-refractivity contribution in [3.8, 4) is 0 Å². The quantitative estimate of drug-likeness (QED) is 0.686. The summed E-state index contributed by atoms with van der Waals surface area (Å²) in [6.07, 6.45) is 1.44. The Labute approximate surface area is 145 Å². The lowest BCUT2D eigenvalue weighted by molar-refractivity contribution is 0.600. The molecule has 0 amide bonds. The average Bonchev–Trinajstić information content (AvgIpc) is 2.36. The van der Waals surface area contributed by atoms with Gasteiger partial charge in [-0.05, 0) is 69.0 Å². The number of pyridine rings is 1. The molecule has 1 heterocycles. The van der Waals surface area contributed by atoms with E-state index < -0.39 is 10.0 Å². The Balaban J connectivity index is 2.50. The Morgan fingerprint density at radius 2 is 1.86 bits per heavy atom. The van der Waals surface area contributed by atoms with Crippen LogP contribution in [0.25, 0.3) is 0 Å². The van der Waals surface area contributed by atoms with Gasteiger partial charge in [-0.15, -0.1) is 0 Å². The highest BCUT2D eigenvalue weighted by Gasteiger charge is 2.21. The number of sulfonamides is 1. The van der Waals surface area contributed by atoms with Gasteiger partial charge < -0.3 is 0 Å². The number of halogens is 3. The number of hydrogen-bond acceptors (Lipinski definition) is 3. The third-order valence-corrected chi connectivity index (χ3v) is 5.57. The number of nitrogens with zero attached hydrogens (tertiary/aromatic N) is 1. The Morgan fingerprint density at radius 1 is 1.19 bits per heavy atom. The van der Waals surface area contributed by atoms with Crippen molar-refractivity contribution in [3.63, 3.8) is 0 Å². The molecule has 0 unspecified atom stereocenters. The zero-order valence-electron chi connectivity index (χ0n) is 11.1. The van der Waals surface area contributed by atoms with Gasteiger partial charge in [0.2, 0.25) is 0 Å². The van der Waals surface area contributed by atoms with Crippen LogP contribution in [0.4, 0.5) is 5.69 Å². The van der Waals surface area contributed by atoms with Crippen LogP contribution in [0.3, 0.4) is 0 Å². The highest BCUT2D eigenvalue weighted by Crippen LogP contribution is 2.31. The molecule has 0 spiro atoms. The average molecular weight is 455 g/mol. The van der Waals surface area contributed by atoms with Gasteiger partial charge in [0.25, 0.3) is 10.0 Å². The molecule has 0 saturated heterocycles. The second-order valence-corrected chi connectivity index (χ2v) is 8.27. The zero-order valence-corrected chi connectivity index (χ0v) is 15.9. The van der Waals surface area contributed by atoms with Gasteiger partial charge in [0.15, 0.2) is 0 Å². The Kier molecular flexibility index (Phi) is 4.97. The Bertz CT molecular complexity index is 787. The van der Waals surface area contributed by atoms with Gasteiger partial charge in [0.05, 0.1) is 5.69 Å².